The maximum atomic E-state index is 14.5. The van der Waals surface area contributed by atoms with Crippen LogP contribution in [-0.4, -0.2) is 154 Å². The molecular weight excluding hydrogens is 700 g/mol. The molecule has 0 aromatic heterocycles. The molecule has 13 nitrogen and oxygen atoms in total. The molecule has 4 heterocycles. The Labute approximate surface area is 331 Å². The molecule has 0 aromatic carbocycles. The van der Waals surface area contributed by atoms with Gasteiger partial charge in [0.15, 0.2) is 0 Å². The van der Waals surface area contributed by atoms with Crippen molar-refractivity contribution in [2.24, 2.45) is 11.3 Å². The second-order valence-electron chi connectivity index (χ2n) is 20.0. The fourth-order valence-electron chi connectivity index (χ4n) is 8.90. The van der Waals surface area contributed by atoms with Crippen molar-refractivity contribution >= 4 is 29.6 Å². The Morgan fingerprint density at radius 2 is 1.35 bits per heavy atom. The van der Waals surface area contributed by atoms with Gasteiger partial charge in [0.1, 0.15) is 23.7 Å². The van der Waals surface area contributed by atoms with E-state index >= 15 is 0 Å². The monoisotopic (exact) mass is 775 g/mol. The molecule has 13 heteroatoms. The number of nitrogens with zero attached hydrogens (tertiary/aromatic N) is 5. The lowest BCUT2D eigenvalue weighted by Gasteiger charge is -2.41. The van der Waals surface area contributed by atoms with Gasteiger partial charge in [0.2, 0.25) is 23.6 Å². The SMILES string of the molecule is CC(C)[C@@H](CN1CCC[C@H]1C(=O)N1CCC[C@H]1C(=O)N1C[C@H](OC(C)(C)C)C[C@H]1C(=O)OC(C)(C)C)N(C)C(=O)[C@@H](NC(=O)[C@H]1CCCCN1C)C(C)(C)C. The summed E-state index contributed by atoms with van der Waals surface area (Å²) in [5.74, 6) is -0.914. The molecule has 4 rings (SSSR count). The highest BCUT2D eigenvalue weighted by Gasteiger charge is 2.49. The molecule has 4 aliphatic rings. The Bertz CT molecular complexity index is 1380. The first-order chi connectivity index (χ1) is 25.4. The molecule has 0 spiro atoms. The Hall–Kier alpha value is -2.77. The number of carbonyl (C=O) groups is 5. The maximum Gasteiger partial charge on any atom is 0.329 e. The van der Waals surface area contributed by atoms with Gasteiger partial charge in [-0.2, -0.15) is 0 Å². The lowest BCUT2D eigenvalue weighted by atomic mass is 9.84. The predicted molar refractivity (Wildman–Crippen MR) is 213 cm³/mol. The molecule has 0 bridgehead atoms. The second-order valence-corrected chi connectivity index (χ2v) is 20.0. The number of likely N-dealkylation sites (N-methyl/N-ethyl adjacent to an activating group) is 2. The van der Waals surface area contributed by atoms with Crippen LogP contribution < -0.4 is 5.32 Å². The summed E-state index contributed by atoms with van der Waals surface area (Å²) in [6.07, 6.45) is 5.58. The van der Waals surface area contributed by atoms with Gasteiger partial charge >= 0.3 is 5.97 Å². The van der Waals surface area contributed by atoms with Crippen molar-refractivity contribution in [3.63, 3.8) is 0 Å². The third kappa shape index (κ3) is 11.4. The minimum absolute atomic E-state index is 0.0724. The quantitative estimate of drug-likeness (QED) is 0.309. The fraction of sp³-hybridized carbons (Fsp3) is 0.881. The largest absolute Gasteiger partial charge is 0.458 e. The van der Waals surface area contributed by atoms with Crippen molar-refractivity contribution in [2.75, 3.05) is 46.8 Å². The van der Waals surface area contributed by atoms with Gasteiger partial charge in [-0.15, -0.1) is 0 Å². The highest BCUT2D eigenvalue weighted by atomic mass is 16.6. The molecule has 55 heavy (non-hydrogen) atoms. The van der Waals surface area contributed by atoms with Crippen LogP contribution in [0.4, 0.5) is 0 Å². The molecule has 4 fully saturated rings. The molecular formula is C42H74N6O7. The molecule has 314 valence electrons. The minimum atomic E-state index is -0.787. The van der Waals surface area contributed by atoms with E-state index in [0.29, 0.717) is 45.3 Å². The normalized spacial score (nSPS) is 27.0. The lowest BCUT2D eigenvalue weighted by molar-refractivity contribution is -0.164. The molecule has 0 aromatic rings. The number of carbonyl (C=O) groups excluding carboxylic acids is 5. The van der Waals surface area contributed by atoms with E-state index < -0.39 is 46.8 Å². The zero-order valence-electron chi connectivity index (χ0n) is 36.4. The van der Waals surface area contributed by atoms with Crippen LogP contribution in [0.2, 0.25) is 0 Å². The first kappa shape index (κ1) is 44.9. The maximum absolute atomic E-state index is 14.5. The van der Waals surface area contributed by atoms with E-state index in [1.807, 2.05) is 76.4 Å². The number of rotatable bonds is 11. The Morgan fingerprint density at radius 3 is 1.93 bits per heavy atom. The molecule has 4 saturated heterocycles. The average molecular weight is 775 g/mol. The molecule has 0 saturated carbocycles. The first-order valence-corrected chi connectivity index (χ1v) is 20.9. The van der Waals surface area contributed by atoms with Crippen LogP contribution in [0.15, 0.2) is 0 Å². The Balaban J connectivity index is 1.49. The minimum Gasteiger partial charge on any atom is -0.458 e. The molecule has 7 atom stereocenters. The number of hydrogen-bond donors (Lipinski definition) is 1. The zero-order chi connectivity index (χ0) is 41.2. The van der Waals surface area contributed by atoms with Crippen LogP contribution in [0.1, 0.15) is 128 Å². The summed E-state index contributed by atoms with van der Waals surface area (Å²) in [4.78, 5) is 79.6. The molecule has 0 aliphatic carbocycles. The first-order valence-electron chi connectivity index (χ1n) is 20.9. The second kappa shape index (κ2) is 17.8. The van der Waals surface area contributed by atoms with Crippen molar-refractivity contribution in [3.8, 4) is 0 Å². The number of nitrogens with one attached hydrogen (secondary N) is 1. The summed E-state index contributed by atoms with van der Waals surface area (Å²) in [6, 6.07) is -3.05. The molecule has 0 radical (unpaired) electrons. The van der Waals surface area contributed by atoms with Crippen LogP contribution >= 0.6 is 0 Å². The van der Waals surface area contributed by atoms with Crippen molar-refractivity contribution in [2.45, 2.75) is 181 Å². The van der Waals surface area contributed by atoms with Crippen LogP contribution in [-0.2, 0) is 33.4 Å². The van der Waals surface area contributed by atoms with Gasteiger partial charge in [-0.1, -0.05) is 41.0 Å². The van der Waals surface area contributed by atoms with Crippen molar-refractivity contribution in [1.29, 1.82) is 0 Å². The number of ether oxygens (including phenoxy) is 2. The number of esters is 1. The van der Waals surface area contributed by atoms with Gasteiger partial charge < -0.3 is 29.5 Å². The summed E-state index contributed by atoms with van der Waals surface area (Å²) in [7, 11) is 3.79. The van der Waals surface area contributed by atoms with Gasteiger partial charge in [0.25, 0.3) is 0 Å². The number of piperidine rings is 1. The molecule has 0 unspecified atom stereocenters. The Morgan fingerprint density at radius 1 is 0.745 bits per heavy atom. The van der Waals surface area contributed by atoms with E-state index in [4.69, 9.17) is 9.47 Å². The van der Waals surface area contributed by atoms with Crippen molar-refractivity contribution in [3.05, 3.63) is 0 Å². The lowest BCUT2D eigenvalue weighted by Crippen LogP contribution is -2.61. The summed E-state index contributed by atoms with van der Waals surface area (Å²) in [6.45, 7) is 24.3. The predicted octanol–water partition coefficient (Wildman–Crippen LogP) is 4.07. The van der Waals surface area contributed by atoms with Crippen LogP contribution in [0.3, 0.4) is 0 Å². The van der Waals surface area contributed by atoms with E-state index in [0.717, 1.165) is 32.2 Å². The van der Waals surface area contributed by atoms with Gasteiger partial charge in [-0.05, 0) is 112 Å². The highest BCUT2D eigenvalue weighted by Crippen LogP contribution is 2.32. The summed E-state index contributed by atoms with van der Waals surface area (Å²) < 4.78 is 12.0. The average Bonchev–Trinajstić information content (AvgIpc) is 3.83. The highest BCUT2D eigenvalue weighted by molar-refractivity contribution is 5.93. The van der Waals surface area contributed by atoms with E-state index in [9.17, 15) is 24.0 Å². The van der Waals surface area contributed by atoms with E-state index in [2.05, 4.69) is 29.0 Å². The standard InChI is InChI=1S/C42H74N6O7/c1-27(2)33(45(13)38(52)34(40(3,4)5)43-35(49)29-18-14-15-21-44(29)12)26-46-22-16-19-30(46)36(50)47-23-17-20-31(47)37(51)48-25-28(54-41(6,7)8)24-32(48)39(53)55-42(9,10)11/h27-34H,14-26H2,1-13H3,(H,43,49)/t28-,29-,30+,31+,32+,33-,34-/m1/s1. The molecule has 4 amide bonds. The third-order valence-electron chi connectivity index (χ3n) is 11.7. The van der Waals surface area contributed by atoms with E-state index in [1.54, 1.807) is 14.7 Å². The summed E-state index contributed by atoms with van der Waals surface area (Å²) in [5.41, 5.74) is -1.68. The van der Waals surface area contributed by atoms with E-state index in [1.165, 1.54) is 0 Å². The topological polar surface area (TPSA) is 132 Å². The number of hydrogen-bond acceptors (Lipinski definition) is 9. The van der Waals surface area contributed by atoms with Gasteiger partial charge in [-0.3, -0.25) is 29.0 Å². The van der Waals surface area contributed by atoms with Crippen LogP contribution in [0.25, 0.3) is 0 Å². The van der Waals surface area contributed by atoms with Crippen molar-refractivity contribution < 1.29 is 33.4 Å². The van der Waals surface area contributed by atoms with E-state index in [-0.39, 0.29) is 54.3 Å². The fourth-order valence-corrected chi connectivity index (χ4v) is 8.90. The van der Waals surface area contributed by atoms with Crippen LogP contribution in [0, 0.1) is 11.3 Å². The van der Waals surface area contributed by atoms with Gasteiger partial charge in [0, 0.05) is 39.1 Å². The van der Waals surface area contributed by atoms with Crippen molar-refractivity contribution in [1.82, 2.24) is 29.8 Å². The summed E-state index contributed by atoms with van der Waals surface area (Å²) >= 11 is 0. The van der Waals surface area contributed by atoms with Crippen LogP contribution in [0.5, 0.6) is 0 Å². The smallest absolute Gasteiger partial charge is 0.329 e. The Kier molecular flexibility index (Phi) is 14.5. The van der Waals surface area contributed by atoms with Gasteiger partial charge in [0.05, 0.1) is 23.8 Å². The number of amides is 4. The molecule has 4 aliphatic heterocycles. The zero-order valence-corrected chi connectivity index (χ0v) is 36.4. The number of likely N-dealkylation sites (tertiary alicyclic amines) is 4. The molecule has 1 N–H and O–H groups in total. The summed E-state index contributed by atoms with van der Waals surface area (Å²) in [5, 5.41) is 3.14. The third-order valence-corrected chi connectivity index (χ3v) is 11.7. The van der Waals surface area contributed by atoms with Gasteiger partial charge in [-0.25, -0.2) is 4.79 Å².